The average Bonchev–Trinajstić information content (AvgIpc) is 3.50. The summed E-state index contributed by atoms with van der Waals surface area (Å²) in [6.45, 7) is 3.26. The number of nitrogens with one attached hydrogen (secondary N) is 1. The van der Waals surface area contributed by atoms with Gasteiger partial charge in [-0.05, 0) is 55.1 Å². The van der Waals surface area contributed by atoms with Gasteiger partial charge in [0.2, 0.25) is 5.89 Å². The second-order valence-electron chi connectivity index (χ2n) is 8.38. The first-order chi connectivity index (χ1) is 17.7. The van der Waals surface area contributed by atoms with Crippen molar-refractivity contribution in [3.8, 4) is 16.5 Å². The van der Waals surface area contributed by atoms with Gasteiger partial charge in [-0.15, -0.1) is 11.3 Å². The van der Waals surface area contributed by atoms with E-state index in [9.17, 15) is 18.3 Å². The van der Waals surface area contributed by atoms with Crippen molar-refractivity contribution in [1.29, 1.82) is 0 Å². The summed E-state index contributed by atoms with van der Waals surface area (Å²) in [5, 5.41) is 11.3. The Kier molecular flexibility index (Phi) is 8.27. The van der Waals surface area contributed by atoms with Crippen LogP contribution in [0.2, 0.25) is 0 Å². The zero-order valence-electron chi connectivity index (χ0n) is 20.4. The highest BCUT2D eigenvalue weighted by atomic mass is 32.2. The molecule has 0 saturated carbocycles. The molecule has 0 aliphatic heterocycles. The van der Waals surface area contributed by atoms with Gasteiger partial charge in [0.1, 0.15) is 18.1 Å². The third kappa shape index (κ3) is 7.19. The zero-order chi connectivity index (χ0) is 26.4. The highest BCUT2D eigenvalue weighted by molar-refractivity contribution is 7.90. The van der Waals surface area contributed by atoms with Gasteiger partial charge in [0.15, 0.2) is 0 Å². The third-order valence-corrected chi connectivity index (χ3v) is 7.73. The number of ether oxygens (including phenoxy) is 1. The minimum Gasteiger partial charge on any atom is -0.493 e. The molecule has 0 saturated heterocycles. The van der Waals surface area contributed by atoms with E-state index in [0.29, 0.717) is 35.9 Å². The van der Waals surface area contributed by atoms with E-state index in [-0.39, 0.29) is 6.54 Å². The van der Waals surface area contributed by atoms with Gasteiger partial charge in [0, 0.05) is 18.7 Å². The van der Waals surface area contributed by atoms with Crippen LogP contribution in [0.1, 0.15) is 22.6 Å². The summed E-state index contributed by atoms with van der Waals surface area (Å²) in [4.78, 5) is 16.9. The van der Waals surface area contributed by atoms with Crippen LogP contribution in [0.4, 0.5) is 5.69 Å². The van der Waals surface area contributed by atoms with Crippen molar-refractivity contribution < 1.29 is 27.5 Å². The number of nitrogens with zero attached hydrogens (tertiary/aromatic N) is 2. The van der Waals surface area contributed by atoms with Crippen molar-refractivity contribution in [2.45, 2.75) is 26.8 Å². The fourth-order valence-corrected chi connectivity index (χ4v) is 5.39. The van der Waals surface area contributed by atoms with Crippen LogP contribution in [-0.4, -0.2) is 41.9 Å². The molecule has 0 unspecified atom stereocenters. The van der Waals surface area contributed by atoms with Gasteiger partial charge in [-0.2, -0.15) is 12.7 Å². The van der Waals surface area contributed by atoms with Gasteiger partial charge in [0.05, 0.1) is 17.2 Å². The number of carboxylic acid groups (broad SMARTS) is 1. The summed E-state index contributed by atoms with van der Waals surface area (Å²) in [6, 6.07) is 17.6. The number of benzene rings is 2. The van der Waals surface area contributed by atoms with Gasteiger partial charge in [-0.1, -0.05) is 35.9 Å². The second kappa shape index (κ2) is 11.6. The topological polar surface area (TPSA) is 122 Å². The van der Waals surface area contributed by atoms with Crippen LogP contribution in [0.3, 0.4) is 0 Å². The predicted octanol–water partition coefficient (Wildman–Crippen LogP) is 4.88. The minimum atomic E-state index is -4.12. The molecule has 0 amide bonds. The minimum absolute atomic E-state index is 0.142. The molecule has 2 N–H and O–H groups in total. The standard InChI is InChI=1S/C26H27N3O6S2/c1-18-8-10-21(11-9-18)28-37(32,33)29(17-25(30)31)16-20-5-3-6-22(15-20)34-13-12-23-19(2)35-26(27-23)24-7-4-14-36-24/h3-11,14-15,28H,12-13,16-17H2,1-2H3,(H,30,31). The van der Waals surface area contributed by atoms with Crippen LogP contribution in [0.25, 0.3) is 10.8 Å². The van der Waals surface area contributed by atoms with E-state index in [0.717, 1.165) is 26.2 Å². The number of aryl methyl sites for hydroxylation is 2. The Balaban J connectivity index is 1.40. The largest absolute Gasteiger partial charge is 0.493 e. The van der Waals surface area contributed by atoms with Gasteiger partial charge < -0.3 is 14.3 Å². The van der Waals surface area contributed by atoms with Crippen molar-refractivity contribution in [2.75, 3.05) is 17.9 Å². The lowest BCUT2D eigenvalue weighted by Crippen LogP contribution is -2.39. The fraction of sp³-hybridized carbons (Fsp3) is 0.231. The lowest BCUT2D eigenvalue weighted by molar-refractivity contribution is -0.137. The molecule has 0 bridgehead atoms. The molecule has 2 aromatic heterocycles. The number of aromatic nitrogens is 1. The summed E-state index contributed by atoms with van der Waals surface area (Å²) in [5.41, 5.74) is 2.72. The summed E-state index contributed by atoms with van der Waals surface area (Å²) in [6.07, 6.45) is 0.533. The third-order valence-electron chi connectivity index (χ3n) is 5.44. The summed E-state index contributed by atoms with van der Waals surface area (Å²) < 4.78 is 40.9. The van der Waals surface area contributed by atoms with E-state index in [4.69, 9.17) is 9.15 Å². The molecule has 0 spiro atoms. The van der Waals surface area contributed by atoms with E-state index >= 15 is 0 Å². The Bertz CT molecular complexity index is 1450. The van der Waals surface area contributed by atoms with Crippen LogP contribution in [0.5, 0.6) is 5.75 Å². The van der Waals surface area contributed by atoms with E-state index in [2.05, 4.69) is 9.71 Å². The molecule has 4 rings (SSSR count). The molecule has 4 aromatic rings. The molecule has 0 fully saturated rings. The molecule has 0 aliphatic rings. The molecule has 194 valence electrons. The maximum absolute atomic E-state index is 13.0. The number of hydrogen-bond donors (Lipinski definition) is 2. The first kappa shape index (κ1) is 26.4. The fourth-order valence-electron chi connectivity index (χ4n) is 3.58. The average molecular weight is 542 g/mol. The van der Waals surface area contributed by atoms with E-state index in [1.807, 2.05) is 31.4 Å². The molecular formula is C26H27N3O6S2. The summed E-state index contributed by atoms with van der Waals surface area (Å²) >= 11 is 1.56. The molecule has 0 aliphatic carbocycles. The molecule has 0 atom stereocenters. The number of hydrogen-bond acceptors (Lipinski definition) is 7. The van der Waals surface area contributed by atoms with Crippen molar-refractivity contribution in [2.24, 2.45) is 0 Å². The highest BCUT2D eigenvalue weighted by Gasteiger charge is 2.25. The van der Waals surface area contributed by atoms with Crippen LogP contribution < -0.4 is 9.46 Å². The molecule has 0 radical (unpaired) electrons. The first-order valence-electron chi connectivity index (χ1n) is 11.5. The van der Waals surface area contributed by atoms with Gasteiger partial charge in [-0.25, -0.2) is 4.98 Å². The molecule has 2 aromatic carbocycles. The van der Waals surface area contributed by atoms with Crippen LogP contribution in [0, 0.1) is 13.8 Å². The van der Waals surface area contributed by atoms with E-state index in [1.165, 1.54) is 0 Å². The van der Waals surface area contributed by atoms with Crippen molar-refractivity contribution in [3.63, 3.8) is 0 Å². The number of carbonyl (C=O) groups is 1. The number of oxazole rings is 1. The molecule has 11 heteroatoms. The van der Waals surface area contributed by atoms with Crippen LogP contribution in [0.15, 0.2) is 70.5 Å². The van der Waals surface area contributed by atoms with Crippen LogP contribution in [-0.2, 0) is 28.0 Å². The summed E-state index contributed by atoms with van der Waals surface area (Å²) in [7, 11) is -4.12. The summed E-state index contributed by atoms with van der Waals surface area (Å²) in [5.74, 6) is 0.600. The molecule has 9 nitrogen and oxygen atoms in total. The second-order valence-corrected chi connectivity index (χ2v) is 11.0. The lowest BCUT2D eigenvalue weighted by atomic mass is 10.2. The number of carboxylic acids is 1. The van der Waals surface area contributed by atoms with Crippen molar-refractivity contribution in [1.82, 2.24) is 9.29 Å². The lowest BCUT2D eigenvalue weighted by Gasteiger charge is -2.21. The number of rotatable bonds is 12. The Labute approximate surface area is 219 Å². The molecule has 2 heterocycles. The normalized spacial score (nSPS) is 11.5. The van der Waals surface area contributed by atoms with E-state index < -0.39 is 22.7 Å². The first-order valence-corrected chi connectivity index (χ1v) is 13.8. The Morgan fingerprint density at radius 2 is 1.92 bits per heavy atom. The SMILES string of the molecule is Cc1ccc(NS(=O)(=O)N(CC(=O)O)Cc2cccc(OCCc3nc(-c4cccs4)oc3C)c2)cc1. The Morgan fingerprint density at radius 3 is 2.62 bits per heavy atom. The van der Waals surface area contributed by atoms with Gasteiger partial charge in [0.25, 0.3) is 0 Å². The van der Waals surface area contributed by atoms with Gasteiger partial charge in [-0.3, -0.25) is 9.52 Å². The Hall–Kier alpha value is -3.67. The van der Waals surface area contributed by atoms with Crippen LogP contribution >= 0.6 is 11.3 Å². The highest BCUT2D eigenvalue weighted by Crippen LogP contribution is 2.26. The quantitative estimate of drug-likeness (QED) is 0.262. The maximum atomic E-state index is 13.0. The number of anilines is 1. The van der Waals surface area contributed by atoms with Crippen molar-refractivity contribution >= 4 is 33.2 Å². The smallest absolute Gasteiger partial charge is 0.318 e. The number of thiophene rings is 1. The van der Waals surface area contributed by atoms with Gasteiger partial charge >= 0.3 is 16.2 Å². The van der Waals surface area contributed by atoms with Crippen molar-refractivity contribution in [3.05, 3.63) is 88.6 Å². The molecule has 37 heavy (non-hydrogen) atoms. The monoisotopic (exact) mass is 541 g/mol. The Morgan fingerprint density at radius 1 is 1.14 bits per heavy atom. The molecular weight excluding hydrogens is 514 g/mol. The predicted molar refractivity (Wildman–Crippen MR) is 142 cm³/mol. The maximum Gasteiger partial charge on any atom is 0.318 e. The van der Waals surface area contributed by atoms with E-state index in [1.54, 1.807) is 59.9 Å². The zero-order valence-corrected chi connectivity index (χ0v) is 22.0. The number of aliphatic carboxylic acids is 1.